The lowest BCUT2D eigenvalue weighted by Gasteiger charge is -2.30. The number of rotatable bonds is 6. The van der Waals surface area contributed by atoms with Crippen LogP contribution in [0.1, 0.15) is 18.4 Å². The van der Waals surface area contributed by atoms with Crippen molar-refractivity contribution in [3.63, 3.8) is 0 Å². The van der Waals surface area contributed by atoms with Crippen LogP contribution in [0.5, 0.6) is 0 Å². The van der Waals surface area contributed by atoms with Gasteiger partial charge in [0.15, 0.2) is 9.84 Å². The Morgan fingerprint density at radius 2 is 1.63 bits per heavy atom. The first-order valence-corrected chi connectivity index (χ1v) is 12.9. The van der Waals surface area contributed by atoms with E-state index in [2.05, 4.69) is 5.32 Å². The molecule has 0 bridgehead atoms. The Balaban J connectivity index is 1.70. The summed E-state index contributed by atoms with van der Waals surface area (Å²) in [7, 11) is -5.92. The van der Waals surface area contributed by atoms with Crippen LogP contribution in [0.4, 0.5) is 0 Å². The van der Waals surface area contributed by atoms with E-state index in [0.717, 1.165) is 16.7 Å². The summed E-state index contributed by atoms with van der Waals surface area (Å²) in [6.07, 6.45) is 0.361. The van der Waals surface area contributed by atoms with Crippen molar-refractivity contribution in [2.75, 3.05) is 25.9 Å². The monoisotopic (exact) mass is 450 g/mol. The van der Waals surface area contributed by atoms with E-state index < -0.39 is 36.8 Å². The number of aryl methyl sites for hydroxylation is 1. The zero-order valence-electron chi connectivity index (χ0n) is 17.0. The molecule has 1 N–H and O–H groups in total. The van der Waals surface area contributed by atoms with Gasteiger partial charge in [-0.05, 0) is 43.0 Å². The molecule has 0 unspecified atom stereocenters. The van der Waals surface area contributed by atoms with E-state index >= 15 is 0 Å². The highest BCUT2D eigenvalue weighted by Gasteiger charge is 2.35. The van der Waals surface area contributed by atoms with Crippen molar-refractivity contribution in [1.29, 1.82) is 0 Å². The van der Waals surface area contributed by atoms with Gasteiger partial charge in [0.2, 0.25) is 15.9 Å². The molecule has 0 spiro atoms. The van der Waals surface area contributed by atoms with Crippen LogP contribution >= 0.6 is 0 Å². The number of piperidine rings is 1. The van der Waals surface area contributed by atoms with Crippen molar-refractivity contribution in [2.24, 2.45) is 0 Å². The molecule has 1 fully saturated rings. The van der Waals surface area contributed by atoms with Gasteiger partial charge in [-0.3, -0.25) is 4.79 Å². The van der Waals surface area contributed by atoms with Gasteiger partial charge in [0, 0.05) is 20.1 Å². The number of carbonyl (C=O) groups is 1. The minimum Gasteiger partial charge on any atom is -0.358 e. The smallest absolute Gasteiger partial charge is 0.243 e. The number of hydrogen-bond donors (Lipinski definition) is 1. The van der Waals surface area contributed by atoms with E-state index in [1.807, 2.05) is 31.2 Å². The summed E-state index contributed by atoms with van der Waals surface area (Å²) < 4.78 is 52.0. The average molecular weight is 451 g/mol. The second-order valence-corrected chi connectivity index (χ2v) is 11.7. The SMILES string of the molecule is CNC(=O)CS(=O)(=O)C1CCN(S(=O)(=O)c2ccc(-c3cccc(C)c3)cc2)CC1. The number of sulfonamides is 1. The van der Waals surface area contributed by atoms with Gasteiger partial charge in [-0.1, -0.05) is 42.0 Å². The highest BCUT2D eigenvalue weighted by molar-refractivity contribution is 7.92. The Morgan fingerprint density at radius 1 is 1.00 bits per heavy atom. The van der Waals surface area contributed by atoms with Crippen LogP contribution in [0.2, 0.25) is 0 Å². The molecule has 7 nitrogen and oxygen atoms in total. The molecule has 1 amide bonds. The maximum Gasteiger partial charge on any atom is 0.243 e. The molecule has 0 atom stereocenters. The van der Waals surface area contributed by atoms with Crippen molar-refractivity contribution >= 4 is 25.8 Å². The Hall–Kier alpha value is -2.23. The standard InChI is InChI=1S/C21H26N2O5S2/c1-16-4-3-5-18(14-16)17-6-8-20(9-7-17)30(27,28)23-12-10-19(11-13-23)29(25,26)15-21(24)22-2/h3-9,14,19H,10-13,15H2,1-2H3,(H,22,24). The molecule has 1 aliphatic rings. The number of amides is 1. The van der Waals surface area contributed by atoms with Crippen molar-refractivity contribution in [1.82, 2.24) is 9.62 Å². The van der Waals surface area contributed by atoms with Crippen molar-refractivity contribution in [3.05, 3.63) is 54.1 Å². The van der Waals surface area contributed by atoms with E-state index in [0.29, 0.717) is 0 Å². The average Bonchev–Trinajstić information content (AvgIpc) is 2.73. The molecule has 0 aliphatic carbocycles. The van der Waals surface area contributed by atoms with Crippen LogP contribution in [0, 0.1) is 6.92 Å². The Kier molecular flexibility index (Phi) is 6.64. The van der Waals surface area contributed by atoms with E-state index in [1.54, 1.807) is 24.3 Å². The molecule has 0 saturated carbocycles. The Bertz CT molecular complexity index is 1120. The van der Waals surface area contributed by atoms with Gasteiger partial charge in [-0.15, -0.1) is 0 Å². The summed E-state index contributed by atoms with van der Waals surface area (Å²) in [4.78, 5) is 11.6. The molecule has 30 heavy (non-hydrogen) atoms. The minimum absolute atomic E-state index is 0.111. The number of nitrogens with one attached hydrogen (secondary N) is 1. The maximum absolute atomic E-state index is 13.0. The van der Waals surface area contributed by atoms with Gasteiger partial charge >= 0.3 is 0 Å². The van der Waals surface area contributed by atoms with Crippen LogP contribution in [0.15, 0.2) is 53.4 Å². The topological polar surface area (TPSA) is 101 Å². The van der Waals surface area contributed by atoms with Gasteiger partial charge in [-0.25, -0.2) is 16.8 Å². The summed E-state index contributed by atoms with van der Waals surface area (Å²) in [6.45, 7) is 2.22. The van der Waals surface area contributed by atoms with Crippen LogP contribution in [-0.2, 0) is 24.7 Å². The third-order valence-corrected chi connectivity index (χ3v) is 9.43. The molecule has 1 aliphatic heterocycles. The van der Waals surface area contributed by atoms with Crippen LogP contribution < -0.4 is 5.32 Å². The zero-order chi connectivity index (χ0) is 21.9. The second kappa shape index (κ2) is 8.87. The molecule has 0 radical (unpaired) electrons. The van der Waals surface area contributed by atoms with Crippen molar-refractivity contribution in [3.8, 4) is 11.1 Å². The van der Waals surface area contributed by atoms with Gasteiger partial charge in [0.1, 0.15) is 5.75 Å². The fourth-order valence-corrected chi connectivity index (χ4v) is 6.74. The molecular weight excluding hydrogens is 424 g/mol. The normalized spacial score (nSPS) is 16.3. The quantitative estimate of drug-likeness (QED) is 0.725. The molecular formula is C21H26N2O5S2. The molecule has 0 aromatic heterocycles. The Morgan fingerprint density at radius 3 is 2.20 bits per heavy atom. The summed E-state index contributed by atoms with van der Waals surface area (Å²) in [5.41, 5.74) is 3.07. The second-order valence-electron chi connectivity index (χ2n) is 7.48. The first-order chi connectivity index (χ1) is 14.1. The highest BCUT2D eigenvalue weighted by atomic mass is 32.2. The zero-order valence-corrected chi connectivity index (χ0v) is 18.7. The fourth-order valence-electron chi connectivity index (χ4n) is 3.60. The predicted molar refractivity (Wildman–Crippen MR) is 116 cm³/mol. The van der Waals surface area contributed by atoms with Crippen molar-refractivity contribution < 1.29 is 21.6 Å². The minimum atomic E-state index is -3.71. The van der Waals surface area contributed by atoms with Gasteiger partial charge < -0.3 is 5.32 Å². The molecule has 2 aromatic rings. The first kappa shape index (κ1) is 22.5. The third-order valence-electron chi connectivity index (χ3n) is 5.36. The Labute approximate surface area is 178 Å². The van der Waals surface area contributed by atoms with Crippen LogP contribution in [0.3, 0.4) is 0 Å². The molecule has 1 heterocycles. The third kappa shape index (κ3) is 4.91. The lowest BCUT2D eigenvalue weighted by atomic mass is 10.0. The first-order valence-electron chi connectivity index (χ1n) is 9.73. The fraction of sp³-hybridized carbons (Fsp3) is 0.381. The van der Waals surface area contributed by atoms with E-state index in [-0.39, 0.29) is 30.8 Å². The summed E-state index contributed by atoms with van der Waals surface area (Å²) >= 11 is 0. The van der Waals surface area contributed by atoms with E-state index in [1.165, 1.54) is 11.4 Å². The van der Waals surface area contributed by atoms with Crippen molar-refractivity contribution in [2.45, 2.75) is 29.9 Å². The number of sulfone groups is 1. The molecule has 162 valence electrons. The van der Waals surface area contributed by atoms with Crippen LogP contribution in [-0.4, -0.2) is 58.2 Å². The number of nitrogens with zero attached hydrogens (tertiary/aromatic N) is 1. The molecule has 1 saturated heterocycles. The molecule has 2 aromatic carbocycles. The number of carbonyl (C=O) groups excluding carboxylic acids is 1. The highest BCUT2D eigenvalue weighted by Crippen LogP contribution is 2.27. The molecule has 9 heteroatoms. The summed E-state index contributed by atoms with van der Waals surface area (Å²) in [5, 5.41) is 1.61. The lowest BCUT2D eigenvalue weighted by molar-refractivity contribution is -0.118. The lowest BCUT2D eigenvalue weighted by Crippen LogP contribution is -2.44. The van der Waals surface area contributed by atoms with Gasteiger partial charge in [0.05, 0.1) is 10.1 Å². The van der Waals surface area contributed by atoms with E-state index in [4.69, 9.17) is 0 Å². The maximum atomic E-state index is 13.0. The van der Waals surface area contributed by atoms with Crippen LogP contribution in [0.25, 0.3) is 11.1 Å². The number of hydrogen-bond acceptors (Lipinski definition) is 5. The number of benzene rings is 2. The van der Waals surface area contributed by atoms with Gasteiger partial charge in [0.25, 0.3) is 0 Å². The van der Waals surface area contributed by atoms with E-state index in [9.17, 15) is 21.6 Å². The largest absolute Gasteiger partial charge is 0.358 e. The summed E-state index contributed by atoms with van der Waals surface area (Å²) in [5.74, 6) is -1.12. The van der Waals surface area contributed by atoms with Gasteiger partial charge in [-0.2, -0.15) is 4.31 Å². The molecule has 3 rings (SSSR count). The summed E-state index contributed by atoms with van der Waals surface area (Å²) in [6, 6.07) is 14.7. The predicted octanol–water partition coefficient (Wildman–Crippen LogP) is 1.98.